The maximum absolute atomic E-state index is 12.7. The second-order valence-electron chi connectivity index (χ2n) is 4.54. The van der Waals surface area contributed by atoms with Crippen LogP contribution in [0.5, 0.6) is 0 Å². The molecule has 15 heavy (non-hydrogen) atoms. The normalized spacial score (nSPS) is 17.5. The molecule has 0 aromatic carbocycles. The standard InChI is InChI=1S/C9H22IO3PSi/c1-7-12-14(11,13-8-2)9(3,10)15(4,5)6/h7-8H2,1-6H3. The summed E-state index contributed by atoms with van der Waals surface area (Å²) in [5.74, 6) is 0. The molecule has 0 radical (unpaired) electrons. The lowest BCUT2D eigenvalue weighted by atomic mass is 10.9. The topological polar surface area (TPSA) is 35.5 Å². The molecule has 3 nitrogen and oxygen atoms in total. The highest BCUT2D eigenvalue weighted by atomic mass is 127. The molecule has 0 N–H and O–H groups in total. The van der Waals surface area contributed by atoms with E-state index in [1.807, 2.05) is 20.8 Å². The Labute approximate surface area is 108 Å². The number of alkyl halides is 1. The summed E-state index contributed by atoms with van der Waals surface area (Å²) in [7, 11) is -4.62. The molecule has 0 saturated heterocycles. The molecule has 1 unspecified atom stereocenters. The first-order valence-electron chi connectivity index (χ1n) is 5.20. The van der Waals surface area contributed by atoms with E-state index in [0.29, 0.717) is 13.2 Å². The van der Waals surface area contributed by atoms with Crippen molar-refractivity contribution in [2.24, 2.45) is 0 Å². The van der Waals surface area contributed by atoms with Crippen molar-refractivity contribution < 1.29 is 13.6 Å². The van der Waals surface area contributed by atoms with E-state index < -0.39 is 15.7 Å². The SMILES string of the molecule is CCOP(=O)(OCC)C(C)(I)[Si](C)(C)C. The summed E-state index contributed by atoms with van der Waals surface area (Å²) in [6.07, 6.45) is 0. The van der Waals surface area contributed by atoms with Crippen molar-refractivity contribution in [3.63, 3.8) is 0 Å². The monoisotopic (exact) mass is 364 g/mol. The minimum Gasteiger partial charge on any atom is -0.308 e. The fourth-order valence-corrected chi connectivity index (χ4v) is 6.78. The maximum atomic E-state index is 12.7. The second-order valence-corrected chi connectivity index (χ2v) is 16.9. The Kier molecular flexibility index (Phi) is 6.03. The van der Waals surface area contributed by atoms with Crippen LogP contribution in [0.1, 0.15) is 20.8 Å². The van der Waals surface area contributed by atoms with Crippen LogP contribution < -0.4 is 0 Å². The molecule has 0 heterocycles. The highest BCUT2D eigenvalue weighted by molar-refractivity contribution is 14.1. The highest BCUT2D eigenvalue weighted by Gasteiger charge is 2.53. The van der Waals surface area contributed by atoms with E-state index in [4.69, 9.17) is 9.05 Å². The van der Waals surface area contributed by atoms with Crippen LogP contribution in [0, 0.1) is 0 Å². The second kappa shape index (κ2) is 5.62. The molecular weight excluding hydrogens is 342 g/mol. The molecule has 1 atom stereocenters. The third-order valence-corrected chi connectivity index (χ3v) is 16.9. The zero-order chi connectivity index (χ0) is 12.3. The first kappa shape index (κ1) is 16.1. The average molecular weight is 364 g/mol. The van der Waals surface area contributed by atoms with Crippen LogP contribution in [0.15, 0.2) is 0 Å². The Morgan fingerprint density at radius 2 is 1.53 bits per heavy atom. The molecule has 0 aliphatic carbocycles. The van der Waals surface area contributed by atoms with Gasteiger partial charge >= 0.3 is 7.60 Å². The summed E-state index contributed by atoms with van der Waals surface area (Å²) in [6, 6.07) is 0. The fraction of sp³-hybridized carbons (Fsp3) is 1.00. The summed E-state index contributed by atoms with van der Waals surface area (Å²) in [5, 5.41) is 0. The summed E-state index contributed by atoms with van der Waals surface area (Å²) >= 11 is 2.26. The first-order valence-corrected chi connectivity index (χ1v) is 11.3. The summed E-state index contributed by atoms with van der Waals surface area (Å²) in [4.78, 5) is 0. The van der Waals surface area contributed by atoms with Gasteiger partial charge in [0.2, 0.25) is 0 Å². The van der Waals surface area contributed by atoms with Gasteiger partial charge in [-0.3, -0.25) is 4.57 Å². The Hall–Kier alpha value is 1.10. The minimum absolute atomic E-state index is 0.385. The number of hydrogen-bond donors (Lipinski definition) is 0. The average Bonchev–Trinajstić information content (AvgIpc) is 2.02. The maximum Gasteiger partial charge on any atom is 0.343 e. The van der Waals surface area contributed by atoms with Gasteiger partial charge in [-0.05, 0) is 20.8 Å². The van der Waals surface area contributed by atoms with E-state index in [2.05, 4.69) is 42.2 Å². The summed E-state index contributed by atoms with van der Waals surface area (Å²) in [6.45, 7) is 13.1. The predicted octanol–water partition coefficient (Wildman–Crippen LogP) is 4.28. The van der Waals surface area contributed by atoms with Gasteiger partial charge in [-0.15, -0.1) is 0 Å². The van der Waals surface area contributed by atoms with E-state index in [1.165, 1.54) is 0 Å². The quantitative estimate of drug-likeness (QED) is 0.305. The van der Waals surface area contributed by atoms with Gasteiger partial charge in [0.15, 0.2) is 0 Å². The van der Waals surface area contributed by atoms with Crippen LogP contribution >= 0.6 is 30.2 Å². The van der Waals surface area contributed by atoms with E-state index >= 15 is 0 Å². The molecule has 0 saturated carbocycles. The molecule has 0 aliphatic heterocycles. The molecular formula is C9H22IO3PSi. The Morgan fingerprint density at radius 1 is 1.20 bits per heavy atom. The van der Waals surface area contributed by atoms with Crippen LogP contribution in [0.4, 0.5) is 0 Å². The van der Waals surface area contributed by atoms with Crippen molar-refractivity contribution in [1.29, 1.82) is 0 Å². The third kappa shape index (κ3) is 3.53. The third-order valence-electron chi connectivity index (χ3n) is 2.48. The van der Waals surface area contributed by atoms with Crippen molar-refractivity contribution in [3.8, 4) is 0 Å². The van der Waals surface area contributed by atoms with Gasteiger partial charge in [0, 0.05) is 0 Å². The Morgan fingerprint density at radius 3 is 1.73 bits per heavy atom. The van der Waals surface area contributed by atoms with Crippen LogP contribution in [0.25, 0.3) is 0 Å². The zero-order valence-corrected chi connectivity index (χ0v) is 14.5. The molecule has 6 heteroatoms. The van der Waals surface area contributed by atoms with E-state index in [-0.39, 0.29) is 2.79 Å². The van der Waals surface area contributed by atoms with Crippen molar-refractivity contribution >= 4 is 38.3 Å². The molecule has 0 aromatic rings. The summed E-state index contributed by atoms with van der Waals surface area (Å²) in [5.41, 5.74) is 0. The minimum atomic E-state index is -3.00. The van der Waals surface area contributed by atoms with Gasteiger partial charge in [0.1, 0.15) is 2.79 Å². The number of hydrogen-bond acceptors (Lipinski definition) is 3. The predicted molar refractivity (Wildman–Crippen MR) is 76.6 cm³/mol. The van der Waals surface area contributed by atoms with E-state index in [9.17, 15) is 4.57 Å². The number of rotatable bonds is 6. The lowest BCUT2D eigenvalue weighted by molar-refractivity contribution is 0.217. The molecule has 0 aromatic heterocycles. The van der Waals surface area contributed by atoms with Gasteiger partial charge in [-0.25, -0.2) is 0 Å². The number of halogens is 1. The summed E-state index contributed by atoms with van der Waals surface area (Å²) < 4.78 is 23.1. The molecule has 0 spiro atoms. The van der Waals surface area contributed by atoms with Crippen molar-refractivity contribution in [3.05, 3.63) is 0 Å². The fourth-order valence-electron chi connectivity index (χ4n) is 1.03. The molecule has 0 bridgehead atoms. The Balaban J connectivity index is 5.16. The van der Waals surface area contributed by atoms with Gasteiger partial charge in [0.25, 0.3) is 0 Å². The van der Waals surface area contributed by atoms with Gasteiger partial charge in [-0.1, -0.05) is 42.2 Å². The lowest BCUT2D eigenvalue weighted by Gasteiger charge is -2.39. The van der Waals surface area contributed by atoms with Crippen molar-refractivity contribution in [2.45, 2.75) is 43.2 Å². The molecule has 0 rings (SSSR count). The first-order chi connectivity index (χ1) is 6.62. The van der Waals surface area contributed by atoms with Crippen molar-refractivity contribution in [2.75, 3.05) is 13.2 Å². The van der Waals surface area contributed by atoms with E-state index in [1.54, 1.807) is 0 Å². The van der Waals surface area contributed by atoms with E-state index in [0.717, 1.165) is 0 Å². The zero-order valence-electron chi connectivity index (χ0n) is 10.5. The van der Waals surface area contributed by atoms with Crippen LogP contribution in [0.2, 0.25) is 19.6 Å². The van der Waals surface area contributed by atoms with Gasteiger partial charge in [-0.2, -0.15) is 0 Å². The highest BCUT2D eigenvalue weighted by Crippen LogP contribution is 2.66. The molecule has 0 amide bonds. The van der Waals surface area contributed by atoms with Crippen LogP contribution in [-0.2, 0) is 13.6 Å². The van der Waals surface area contributed by atoms with Crippen LogP contribution in [0.3, 0.4) is 0 Å². The Bertz CT molecular complexity index is 240. The van der Waals surface area contributed by atoms with Crippen molar-refractivity contribution in [1.82, 2.24) is 0 Å². The molecule has 0 fully saturated rings. The molecule has 92 valence electrons. The van der Waals surface area contributed by atoms with Gasteiger partial charge < -0.3 is 9.05 Å². The van der Waals surface area contributed by atoms with Crippen LogP contribution in [-0.4, -0.2) is 24.1 Å². The lowest BCUT2D eigenvalue weighted by Crippen LogP contribution is -2.45. The molecule has 0 aliphatic rings. The van der Waals surface area contributed by atoms with Gasteiger partial charge in [0.05, 0.1) is 21.3 Å². The smallest absolute Gasteiger partial charge is 0.308 e. The largest absolute Gasteiger partial charge is 0.343 e.